The Kier molecular flexibility index (Phi) is 15.4. The highest BCUT2D eigenvalue weighted by molar-refractivity contribution is 5.96. The molecule has 18 heteroatoms. The molecule has 0 bridgehead atoms. The molecule has 4 heterocycles. The third-order valence-corrected chi connectivity index (χ3v) is 11.0. The number of ether oxygens (including phenoxy) is 6. The van der Waals surface area contributed by atoms with Gasteiger partial charge in [0.2, 0.25) is 23.3 Å². The summed E-state index contributed by atoms with van der Waals surface area (Å²) >= 11 is 0. The van der Waals surface area contributed by atoms with E-state index >= 15 is 0 Å². The Bertz CT molecular complexity index is 1530. The van der Waals surface area contributed by atoms with Crippen LogP contribution in [-0.2, 0) is 47.6 Å². The summed E-state index contributed by atoms with van der Waals surface area (Å²) < 4.78 is 35.9. The van der Waals surface area contributed by atoms with Crippen molar-refractivity contribution in [3.8, 4) is 0 Å². The van der Waals surface area contributed by atoms with Crippen molar-refractivity contribution in [1.82, 2.24) is 10.6 Å². The normalized spacial score (nSPS) is 34.3. The van der Waals surface area contributed by atoms with Gasteiger partial charge in [0.25, 0.3) is 5.91 Å². The van der Waals surface area contributed by atoms with Gasteiger partial charge in [-0.1, -0.05) is 45.1 Å². The number of nitrogens with two attached hydrogens (primary N) is 2. The molecule has 56 heavy (non-hydrogen) atoms. The van der Waals surface area contributed by atoms with E-state index in [2.05, 4.69) is 22.2 Å². The van der Waals surface area contributed by atoms with Crippen molar-refractivity contribution in [2.24, 2.45) is 27.8 Å². The number of aliphatic hydroxyl groups is 2. The van der Waals surface area contributed by atoms with Crippen LogP contribution < -0.4 is 22.1 Å². The number of aliphatic carboxylic acids is 1. The summed E-state index contributed by atoms with van der Waals surface area (Å²) in [7, 11) is 1.36. The first kappa shape index (κ1) is 45.0. The third kappa shape index (κ3) is 11.2. The summed E-state index contributed by atoms with van der Waals surface area (Å²) in [5, 5.41) is 37.0. The number of amides is 2. The van der Waals surface area contributed by atoms with Crippen LogP contribution in [0.25, 0.3) is 0 Å². The molecule has 18 nitrogen and oxygen atoms in total. The van der Waals surface area contributed by atoms with Crippen molar-refractivity contribution >= 4 is 29.5 Å². The number of nitrogens with zero attached hydrogens (tertiary/aromatic N) is 1. The van der Waals surface area contributed by atoms with E-state index in [0.29, 0.717) is 32.1 Å². The zero-order chi connectivity index (χ0) is 41.4. The lowest BCUT2D eigenvalue weighted by molar-refractivity contribution is -0.309. The van der Waals surface area contributed by atoms with E-state index in [1.807, 2.05) is 27.7 Å². The van der Waals surface area contributed by atoms with Gasteiger partial charge in [-0.05, 0) is 50.5 Å². The largest absolute Gasteiger partial charge is 0.480 e. The van der Waals surface area contributed by atoms with Crippen molar-refractivity contribution < 1.29 is 62.9 Å². The van der Waals surface area contributed by atoms with Gasteiger partial charge < -0.3 is 65.8 Å². The minimum atomic E-state index is -2.12. The van der Waals surface area contributed by atoms with E-state index in [-0.39, 0.29) is 50.6 Å². The number of rotatable bonds is 16. The van der Waals surface area contributed by atoms with Gasteiger partial charge in [-0.3, -0.25) is 19.4 Å². The lowest BCUT2D eigenvalue weighted by Crippen LogP contribution is -2.65. The average molecular weight is 794 g/mol. The molecule has 11 atom stereocenters. The molecule has 4 rings (SSSR count). The second kappa shape index (κ2) is 19.1. The number of carbonyl (C=O) groups excluding carboxylic acids is 3. The minimum absolute atomic E-state index is 0.00687. The summed E-state index contributed by atoms with van der Waals surface area (Å²) in [6.07, 6.45) is 1.80. The van der Waals surface area contributed by atoms with E-state index in [0.717, 1.165) is 17.7 Å². The standard InChI is InChI=1S/C38H59N5O13/c1-21-18-38(51-6,55-23(3)22(21)2)31(46)32(47)43-33-30-26(52-20-53-33)19-36(4,5)28(54-30)17-24-11-9-15-37(50,56-24)27(44)13-7-8-14-29(45)42-25(34(48)49)12-10-16-41-35(39)40/h7-8,13-14,22-26,28,30-31,33,46,50H,1,9-12,15-20H2,2-6H3,(H,42,45)(H,43,47)(H,48,49)(H4,39,40,41)/b13-7+,14-8+/t22-,23-,24-,25+,26-,28-,30+,31-,33+,37+,38-/m1/s1. The number of guanidine groups is 1. The molecule has 4 aliphatic heterocycles. The van der Waals surface area contributed by atoms with Gasteiger partial charge in [0.15, 0.2) is 18.3 Å². The molecular formula is C38H59N5O13. The molecule has 0 aliphatic carbocycles. The number of carboxylic acid groups (broad SMARTS) is 1. The number of hydrogen-bond acceptors (Lipinski definition) is 13. The first-order valence-corrected chi connectivity index (χ1v) is 19.0. The quantitative estimate of drug-likeness (QED) is 0.0282. The summed E-state index contributed by atoms with van der Waals surface area (Å²) in [5.74, 6) is -7.28. The van der Waals surface area contributed by atoms with Gasteiger partial charge in [-0.25, -0.2) is 4.79 Å². The SMILES string of the molecule is C=C1C[C@](OC)([C@H](O)C(=O)N[C@H]2OCO[C@@H]3CC(C)(C)[C@@H](C[C@H]4CCC[C@@](O)(C(=O)/C=C/C=C/C(=O)N[C@@H](CCCN=C(N)N)C(=O)O)O4)O[C@@H]32)O[C@H](C)[C@@H]1C. The van der Waals surface area contributed by atoms with Crippen LogP contribution in [0.3, 0.4) is 0 Å². The van der Waals surface area contributed by atoms with E-state index in [9.17, 15) is 34.5 Å². The van der Waals surface area contributed by atoms with Crippen LogP contribution in [0.4, 0.5) is 0 Å². The van der Waals surface area contributed by atoms with Crippen LogP contribution in [0.2, 0.25) is 0 Å². The number of nitrogens with one attached hydrogen (secondary N) is 2. The summed E-state index contributed by atoms with van der Waals surface area (Å²) in [5.41, 5.74) is 10.9. The molecular weight excluding hydrogens is 734 g/mol. The molecule has 0 aromatic carbocycles. The fourth-order valence-electron chi connectivity index (χ4n) is 7.47. The van der Waals surface area contributed by atoms with Crippen LogP contribution in [0, 0.1) is 11.3 Å². The van der Waals surface area contributed by atoms with E-state index < -0.39 is 83.3 Å². The topological polar surface area (TPSA) is 273 Å². The van der Waals surface area contributed by atoms with Crippen LogP contribution in [0.5, 0.6) is 0 Å². The number of aliphatic hydroxyl groups excluding tert-OH is 1. The Morgan fingerprint density at radius 1 is 1.12 bits per heavy atom. The number of carbonyl (C=O) groups is 4. The Balaban J connectivity index is 1.34. The fourth-order valence-corrected chi connectivity index (χ4v) is 7.47. The minimum Gasteiger partial charge on any atom is -0.480 e. The molecule has 0 unspecified atom stereocenters. The van der Waals surface area contributed by atoms with Gasteiger partial charge in [-0.15, -0.1) is 0 Å². The second-order valence-electron chi connectivity index (χ2n) is 15.6. The molecule has 314 valence electrons. The van der Waals surface area contributed by atoms with Gasteiger partial charge >= 0.3 is 5.97 Å². The Hall–Kier alpha value is -3.75. The highest BCUT2D eigenvalue weighted by atomic mass is 16.7. The number of ketones is 1. The van der Waals surface area contributed by atoms with Crippen LogP contribution in [0.1, 0.15) is 79.1 Å². The lowest BCUT2D eigenvalue weighted by Gasteiger charge is -2.51. The summed E-state index contributed by atoms with van der Waals surface area (Å²) in [4.78, 5) is 54.3. The van der Waals surface area contributed by atoms with E-state index in [1.54, 1.807) is 0 Å². The average Bonchev–Trinajstić information content (AvgIpc) is 3.13. The van der Waals surface area contributed by atoms with Gasteiger partial charge in [0.05, 0.1) is 24.4 Å². The maximum absolute atomic E-state index is 13.5. The van der Waals surface area contributed by atoms with Crippen LogP contribution >= 0.6 is 0 Å². The summed E-state index contributed by atoms with van der Waals surface area (Å²) in [6, 6.07) is -1.17. The highest BCUT2D eigenvalue weighted by Gasteiger charge is 2.53. The predicted octanol–water partition coefficient (Wildman–Crippen LogP) is 0.642. The van der Waals surface area contributed by atoms with Gasteiger partial charge in [0.1, 0.15) is 18.9 Å². The molecule has 4 aliphatic rings. The lowest BCUT2D eigenvalue weighted by atomic mass is 9.74. The molecule has 0 radical (unpaired) electrons. The zero-order valence-corrected chi connectivity index (χ0v) is 32.8. The maximum Gasteiger partial charge on any atom is 0.326 e. The fraction of sp³-hybridized carbons (Fsp3) is 0.711. The molecule has 4 saturated heterocycles. The number of aliphatic imine (C=N–C) groups is 1. The first-order chi connectivity index (χ1) is 26.3. The van der Waals surface area contributed by atoms with Crippen LogP contribution in [-0.4, -0.2) is 126 Å². The smallest absolute Gasteiger partial charge is 0.326 e. The zero-order valence-electron chi connectivity index (χ0n) is 32.8. The van der Waals surface area contributed by atoms with Crippen molar-refractivity contribution in [3.05, 3.63) is 36.5 Å². The molecule has 0 aromatic heterocycles. The molecule has 0 aromatic rings. The number of allylic oxidation sites excluding steroid dienone is 2. The number of fused-ring (bicyclic) bond motifs is 1. The van der Waals surface area contributed by atoms with Crippen molar-refractivity contribution in [3.63, 3.8) is 0 Å². The van der Waals surface area contributed by atoms with Gasteiger partial charge in [-0.2, -0.15) is 0 Å². The number of carboxylic acids is 1. The molecule has 9 N–H and O–H groups in total. The Morgan fingerprint density at radius 3 is 2.50 bits per heavy atom. The van der Waals surface area contributed by atoms with Crippen molar-refractivity contribution in [1.29, 1.82) is 0 Å². The highest BCUT2D eigenvalue weighted by Crippen LogP contribution is 2.44. The molecule has 2 amide bonds. The first-order valence-electron chi connectivity index (χ1n) is 19.0. The number of methoxy groups -OCH3 is 1. The Labute approximate surface area is 327 Å². The summed E-state index contributed by atoms with van der Waals surface area (Å²) in [6.45, 7) is 12.0. The molecule has 4 fully saturated rings. The number of hydrogen-bond donors (Lipinski definition) is 7. The van der Waals surface area contributed by atoms with Crippen LogP contribution in [0.15, 0.2) is 41.4 Å². The Morgan fingerprint density at radius 2 is 1.84 bits per heavy atom. The molecule has 0 saturated carbocycles. The van der Waals surface area contributed by atoms with Crippen molar-refractivity contribution in [2.45, 2.75) is 140 Å². The van der Waals surface area contributed by atoms with Crippen molar-refractivity contribution in [2.75, 3.05) is 20.4 Å². The van der Waals surface area contributed by atoms with E-state index in [4.69, 9.17) is 39.9 Å². The molecule has 0 spiro atoms. The second-order valence-corrected chi connectivity index (χ2v) is 15.6. The van der Waals surface area contributed by atoms with Gasteiger partial charge in [0, 0.05) is 44.9 Å². The third-order valence-electron chi connectivity index (χ3n) is 11.0. The van der Waals surface area contributed by atoms with E-state index in [1.165, 1.54) is 19.3 Å². The predicted molar refractivity (Wildman–Crippen MR) is 200 cm³/mol. The monoisotopic (exact) mass is 793 g/mol. The maximum atomic E-state index is 13.5.